The van der Waals surface area contributed by atoms with Gasteiger partial charge in [0.25, 0.3) is 0 Å². The van der Waals surface area contributed by atoms with E-state index in [1.165, 1.54) is 0 Å². The molecule has 0 aliphatic rings. The lowest BCUT2D eigenvalue weighted by Crippen LogP contribution is -2.44. The van der Waals surface area contributed by atoms with Crippen molar-refractivity contribution in [1.82, 2.24) is 9.13 Å². The molecule has 0 fully saturated rings. The van der Waals surface area contributed by atoms with Gasteiger partial charge in [0, 0.05) is 47.7 Å². The predicted molar refractivity (Wildman–Crippen MR) is 104 cm³/mol. The lowest BCUT2D eigenvalue weighted by molar-refractivity contribution is -0.190. The molecule has 1 heterocycles. The van der Waals surface area contributed by atoms with Gasteiger partial charge in [-0.2, -0.15) is 0 Å². The van der Waals surface area contributed by atoms with E-state index in [4.69, 9.17) is 18.9 Å². The van der Waals surface area contributed by atoms with Gasteiger partial charge in [0.2, 0.25) is 11.8 Å². The topological polar surface area (TPSA) is 166 Å². The van der Waals surface area contributed by atoms with Crippen molar-refractivity contribution < 1.29 is 47.7 Å². The van der Waals surface area contributed by atoms with Crippen LogP contribution in [0.4, 0.5) is 0 Å². The Morgan fingerprint density at radius 3 is 1.72 bits per heavy atom. The predicted octanol–water partition coefficient (Wildman–Crippen LogP) is 0.000700. The van der Waals surface area contributed by atoms with Crippen LogP contribution in [0.3, 0.4) is 0 Å². The van der Waals surface area contributed by atoms with E-state index in [9.17, 15) is 33.6 Å². The highest BCUT2D eigenvalue weighted by Crippen LogP contribution is 2.28. The molecule has 176 valence electrons. The summed E-state index contributed by atoms with van der Waals surface area (Å²) in [6.45, 7) is 5.59. The molecule has 1 rings (SSSR count). The number of hydrogen-bond acceptors (Lipinski definition) is 11. The highest BCUT2D eigenvalue weighted by atomic mass is 16.6. The van der Waals surface area contributed by atoms with Crippen LogP contribution < -0.4 is 5.69 Å². The molecule has 0 aliphatic heterocycles. The molecular formula is C19H24N2O11. The maximum Gasteiger partial charge on any atom is 0.342 e. The quantitative estimate of drug-likeness (QED) is 0.381. The van der Waals surface area contributed by atoms with Crippen LogP contribution in [0, 0.1) is 0 Å². The zero-order valence-corrected chi connectivity index (χ0v) is 18.4. The van der Waals surface area contributed by atoms with Gasteiger partial charge in [0.1, 0.15) is 6.61 Å². The second-order valence-electron chi connectivity index (χ2n) is 6.63. The van der Waals surface area contributed by atoms with E-state index < -0.39 is 66.3 Å². The summed E-state index contributed by atoms with van der Waals surface area (Å²) in [7, 11) is 0. The number of imidazole rings is 1. The fourth-order valence-electron chi connectivity index (χ4n) is 2.81. The number of hydrogen-bond donors (Lipinski definition) is 0. The molecule has 1 aromatic heterocycles. The molecule has 0 aromatic carbocycles. The second kappa shape index (κ2) is 11.0. The van der Waals surface area contributed by atoms with Gasteiger partial charge in [0.15, 0.2) is 18.3 Å². The van der Waals surface area contributed by atoms with Gasteiger partial charge >= 0.3 is 29.6 Å². The molecule has 0 spiro atoms. The summed E-state index contributed by atoms with van der Waals surface area (Å²) < 4.78 is 21.5. The Bertz CT molecular complexity index is 988. The SMILES string of the molecule is CC(=O)OCC(OC(C)=O)C(OC(C)=O)C(OC(C)=O)c1cn(C(C)=O)c(=O)n1C(C)=O. The van der Waals surface area contributed by atoms with Crippen molar-refractivity contribution in [1.29, 1.82) is 0 Å². The highest BCUT2D eigenvalue weighted by molar-refractivity contribution is 5.80. The van der Waals surface area contributed by atoms with Gasteiger partial charge in [-0.05, 0) is 0 Å². The second-order valence-corrected chi connectivity index (χ2v) is 6.63. The zero-order valence-electron chi connectivity index (χ0n) is 18.4. The summed E-state index contributed by atoms with van der Waals surface area (Å²) in [6, 6.07) is 0. The molecule has 0 aliphatic carbocycles. The molecule has 0 N–H and O–H groups in total. The van der Waals surface area contributed by atoms with Gasteiger partial charge < -0.3 is 18.9 Å². The van der Waals surface area contributed by atoms with E-state index in [0.717, 1.165) is 47.7 Å². The van der Waals surface area contributed by atoms with Crippen LogP contribution in [0.25, 0.3) is 0 Å². The van der Waals surface area contributed by atoms with Crippen LogP contribution in [0.5, 0.6) is 0 Å². The molecule has 13 nitrogen and oxygen atoms in total. The molecule has 13 heteroatoms. The van der Waals surface area contributed by atoms with Crippen LogP contribution in [0.1, 0.15) is 62.9 Å². The Hall–Kier alpha value is -3.77. The van der Waals surface area contributed by atoms with Crippen LogP contribution >= 0.6 is 0 Å². The van der Waals surface area contributed by atoms with Gasteiger partial charge in [-0.25, -0.2) is 13.9 Å². The monoisotopic (exact) mass is 456 g/mol. The summed E-state index contributed by atoms with van der Waals surface area (Å²) in [6.07, 6.45) is -3.92. The molecule has 3 atom stereocenters. The molecule has 1 aromatic rings. The lowest BCUT2D eigenvalue weighted by atomic mass is 10.0. The third-order valence-corrected chi connectivity index (χ3v) is 3.89. The van der Waals surface area contributed by atoms with Gasteiger partial charge in [-0.3, -0.25) is 28.8 Å². The molecule has 0 saturated carbocycles. The number of esters is 4. The summed E-state index contributed by atoms with van der Waals surface area (Å²) in [5, 5.41) is 0. The molecule has 0 bridgehead atoms. The first-order chi connectivity index (χ1) is 14.8. The minimum absolute atomic E-state index is 0.334. The Morgan fingerprint density at radius 1 is 0.781 bits per heavy atom. The number of nitrogens with zero attached hydrogens (tertiary/aromatic N) is 2. The van der Waals surface area contributed by atoms with Crippen molar-refractivity contribution in [2.24, 2.45) is 0 Å². The highest BCUT2D eigenvalue weighted by Gasteiger charge is 2.42. The van der Waals surface area contributed by atoms with Gasteiger partial charge in [-0.1, -0.05) is 0 Å². The van der Waals surface area contributed by atoms with Crippen molar-refractivity contribution in [2.75, 3.05) is 6.61 Å². The molecule has 0 saturated heterocycles. The minimum Gasteiger partial charge on any atom is -0.462 e. The fraction of sp³-hybridized carbons (Fsp3) is 0.526. The van der Waals surface area contributed by atoms with E-state index >= 15 is 0 Å². The van der Waals surface area contributed by atoms with E-state index in [1.807, 2.05) is 0 Å². The van der Waals surface area contributed by atoms with E-state index in [0.29, 0.717) is 9.13 Å². The Morgan fingerprint density at radius 2 is 1.31 bits per heavy atom. The van der Waals surface area contributed by atoms with Crippen LogP contribution in [-0.2, 0) is 38.1 Å². The number of rotatable bonds is 8. The minimum atomic E-state index is -1.70. The first kappa shape index (κ1) is 26.3. The molecule has 0 radical (unpaired) electrons. The smallest absolute Gasteiger partial charge is 0.342 e. The third-order valence-electron chi connectivity index (χ3n) is 3.89. The van der Waals surface area contributed by atoms with Crippen molar-refractivity contribution in [3.8, 4) is 0 Å². The number of aromatic nitrogens is 2. The van der Waals surface area contributed by atoms with E-state index in [-0.39, 0.29) is 5.69 Å². The normalized spacial score (nSPS) is 13.3. The van der Waals surface area contributed by atoms with Gasteiger partial charge in [0.05, 0.1) is 5.69 Å². The number of carbonyl (C=O) groups is 6. The van der Waals surface area contributed by atoms with E-state index in [1.54, 1.807) is 0 Å². The van der Waals surface area contributed by atoms with Crippen molar-refractivity contribution >= 4 is 35.7 Å². The summed E-state index contributed by atoms with van der Waals surface area (Å²) in [5.41, 5.74) is -1.39. The fourth-order valence-corrected chi connectivity index (χ4v) is 2.81. The number of ether oxygens (including phenoxy) is 4. The maximum atomic E-state index is 12.6. The van der Waals surface area contributed by atoms with Crippen LogP contribution in [0.15, 0.2) is 11.0 Å². The third kappa shape index (κ3) is 6.89. The molecular weight excluding hydrogens is 432 g/mol. The maximum absolute atomic E-state index is 12.6. The first-order valence-electron chi connectivity index (χ1n) is 9.27. The zero-order chi connectivity index (χ0) is 24.7. The van der Waals surface area contributed by atoms with E-state index in [2.05, 4.69) is 0 Å². The number of carbonyl (C=O) groups excluding carboxylic acids is 6. The Labute approximate surface area is 182 Å². The summed E-state index contributed by atoms with van der Waals surface area (Å²) in [5.74, 6) is -5.03. The lowest BCUT2D eigenvalue weighted by Gasteiger charge is -2.31. The molecule has 32 heavy (non-hydrogen) atoms. The Balaban J connectivity index is 3.77. The average Bonchev–Trinajstić information content (AvgIpc) is 2.98. The Kier molecular flexibility index (Phi) is 9.05. The molecule has 3 unspecified atom stereocenters. The van der Waals surface area contributed by atoms with Crippen LogP contribution in [0.2, 0.25) is 0 Å². The summed E-state index contributed by atoms with van der Waals surface area (Å²) in [4.78, 5) is 83.1. The first-order valence-corrected chi connectivity index (χ1v) is 9.27. The van der Waals surface area contributed by atoms with Crippen LogP contribution in [-0.4, -0.2) is 63.6 Å². The van der Waals surface area contributed by atoms with Crippen molar-refractivity contribution in [3.63, 3.8) is 0 Å². The average molecular weight is 456 g/mol. The standard InChI is InChI=1S/C19H24N2O11/c1-9(22)20-7-15(21(10(2)23)19(20)28)17(31-13(5)26)18(32-14(6)27)16(30-12(4)25)8-29-11(3)24/h7,16-18H,8H2,1-6H3. The van der Waals surface area contributed by atoms with Gasteiger partial charge in [-0.15, -0.1) is 0 Å². The molecule has 0 amide bonds. The largest absolute Gasteiger partial charge is 0.462 e. The van der Waals surface area contributed by atoms with Crippen molar-refractivity contribution in [2.45, 2.75) is 59.9 Å². The summed E-state index contributed by atoms with van der Waals surface area (Å²) >= 11 is 0. The van der Waals surface area contributed by atoms with Crippen molar-refractivity contribution in [3.05, 3.63) is 22.4 Å².